The normalized spacial score (nSPS) is 10.9. The number of hydrogen-bond donors (Lipinski definition) is 2. The van der Waals surface area contributed by atoms with E-state index in [0.717, 1.165) is 21.4 Å². The number of ketones is 1. The van der Waals surface area contributed by atoms with Crippen molar-refractivity contribution in [2.45, 2.75) is 12.8 Å². The van der Waals surface area contributed by atoms with E-state index >= 15 is 0 Å². The van der Waals surface area contributed by atoms with Crippen molar-refractivity contribution in [1.29, 1.82) is 0 Å². The maximum atomic E-state index is 12.8. The number of amides is 1. The van der Waals surface area contributed by atoms with E-state index in [-0.39, 0.29) is 11.7 Å². The Morgan fingerprint density at radius 2 is 1.74 bits per heavy atom. The molecule has 0 saturated heterocycles. The number of aryl methyl sites for hydroxylation is 1. The highest BCUT2D eigenvalue weighted by molar-refractivity contribution is 7.13. The largest absolute Gasteiger partial charge is 0.453 e. The Kier molecular flexibility index (Phi) is 5.97. The lowest BCUT2D eigenvalue weighted by Crippen LogP contribution is -2.13. The Morgan fingerprint density at radius 1 is 0.912 bits per heavy atom. The summed E-state index contributed by atoms with van der Waals surface area (Å²) < 4.78 is 5.65. The molecule has 5 aromatic rings. The molecule has 1 amide bonds. The molecule has 2 heterocycles. The lowest BCUT2D eigenvalue weighted by Gasteiger charge is -2.10. The van der Waals surface area contributed by atoms with E-state index in [2.05, 4.69) is 5.32 Å². The highest BCUT2D eigenvalue weighted by atomic mass is 32.1. The summed E-state index contributed by atoms with van der Waals surface area (Å²) in [6, 6.07) is 26.2. The number of anilines is 2. The molecule has 0 unspecified atom stereocenters. The van der Waals surface area contributed by atoms with Crippen LogP contribution < -0.4 is 11.1 Å². The minimum atomic E-state index is -0.236. The molecule has 0 atom stereocenters. The van der Waals surface area contributed by atoms with Crippen LogP contribution in [0.1, 0.15) is 32.9 Å². The number of furan rings is 1. The average molecular weight is 467 g/mol. The molecular formula is C28H22N2O3S. The van der Waals surface area contributed by atoms with Crippen LogP contribution in [0.25, 0.3) is 21.4 Å². The molecule has 0 aliphatic rings. The molecule has 0 saturated carbocycles. The summed E-state index contributed by atoms with van der Waals surface area (Å²) in [6.07, 6.45) is 0.894. The first-order valence-electron chi connectivity index (χ1n) is 10.9. The predicted octanol–water partition coefficient (Wildman–Crippen LogP) is 6.81. The Balaban J connectivity index is 1.22. The van der Waals surface area contributed by atoms with Crippen molar-refractivity contribution in [2.75, 3.05) is 11.1 Å². The summed E-state index contributed by atoms with van der Waals surface area (Å²) in [5.41, 5.74) is 10.4. The molecule has 34 heavy (non-hydrogen) atoms. The van der Waals surface area contributed by atoms with Crippen molar-refractivity contribution in [1.82, 2.24) is 0 Å². The first kappa shape index (κ1) is 21.7. The molecule has 3 aromatic carbocycles. The SMILES string of the molecule is Nc1ccc(-c2cccs2)cc1NC(=O)c1ccc(CCC(=O)c2cc3ccccc3o2)cc1. The molecule has 3 N–H and O–H groups in total. The number of fused-ring (bicyclic) bond motifs is 1. The van der Waals surface area contributed by atoms with Gasteiger partial charge in [-0.2, -0.15) is 0 Å². The number of Topliss-reactive ketones (excluding diaryl/α,β-unsaturated/α-hetero) is 1. The Hall–Kier alpha value is -4.16. The van der Waals surface area contributed by atoms with E-state index in [1.54, 1.807) is 35.6 Å². The summed E-state index contributed by atoms with van der Waals surface area (Å²) in [6.45, 7) is 0. The minimum Gasteiger partial charge on any atom is -0.453 e. The summed E-state index contributed by atoms with van der Waals surface area (Å²) in [5.74, 6) is 0.0959. The van der Waals surface area contributed by atoms with Gasteiger partial charge in [-0.1, -0.05) is 42.5 Å². The van der Waals surface area contributed by atoms with Gasteiger partial charge in [-0.05, 0) is 65.4 Å². The molecule has 0 spiro atoms. The number of para-hydroxylation sites is 1. The van der Waals surface area contributed by atoms with Crippen LogP contribution in [0.3, 0.4) is 0 Å². The van der Waals surface area contributed by atoms with Gasteiger partial charge in [0.15, 0.2) is 11.5 Å². The number of carbonyl (C=O) groups excluding carboxylic acids is 2. The fraction of sp³-hybridized carbons (Fsp3) is 0.0714. The lowest BCUT2D eigenvalue weighted by molar-refractivity contribution is 0.0957. The zero-order chi connectivity index (χ0) is 23.5. The predicted molar refractivity (Wildman–Crippen MR) is 137 cm³/mol. The van der Waals surface area contributed by atoms with Crippen LogP contribution in [-0.2, 0) is 6.42 Å². The van der Waals surface area contributed by atoms with Gasteiger partial charge < -0.3 is 15.5 Å². The number of nitrogens with two attached hydrogens (primary N) is 1. The van der Waals surface area contributed by atoms with E-state index in [9.17, 15) is 9.59 Å². The van der Waals surface area contributed by atoms with Gasteiger partial charge in [-0.15, -0.1) is 11.3 Å². The monoisotopic (exact) mass is 466 g/mol. The van der Waals surface area contributed by atoms with Crippen LogP contribution in [-0.4, -0.2) is 11.7 Å². The van der Waals surface area contributed by atoms with Crippen LogP contribution in [0.2, 0.25) is 0 Å². The molecule has 0 bridgehead atoms. The topological polar surface area (TPSA) is 85.3 Å². The van der Waals surface area contributed by atoms with Crippen molar-refractivity contribution >= 4 is 45.4 Å². The number of thiophene rings is 1. The second-order valence-electron chi connectivity index (χ2n) is 8.00. The highest BCUT2D eigenvalue weighted by Crippen LogP contribution is 2.30. The first-order valence-corrected chi connectivity index (χ1v) is 11.8. The number of carbonyl (C=O) groups is 2. The number of nitrogen functional groups attached to an aromatic ring is 1. The summed E-state index contributed by atoms with van der Waals surface area (Å²) in [4.78, 5) is 26.4. The van der Waals surface area contributed by atoms with E-state index < -0.39 is 0 Å². The Bertz CT molecular complexity index is 1430. The van der Waals surface area contributed by atoms with Crippen LogP contribution >= 0.6 is 11.3 Å². The molecule has 168 valence electrons. The summed E-state index contributed by atoms with van der Waals surface area (Å²) in [5, 5.41) is 5.84. The van der Waals surface area contributed by atoms with Crippen LogP contribution in [0.5, 0.6) is 0 Å². The van der Waals surface area contributed by atoms with E-state index in [1.165, 1.54) is 0 Å². The van der Waals surface area contributed by atoms with Crippen molar-refractivity contribution in [3.8, 4) is 10.4 Å². The average Bonchev–Trinajstić information content (AvgIpc) is 3.54. The zero-order valence-corrected chi connectivity index (χ0v) is 19.1. The molecule has 0 radical (unpaired) electrons. The third-order valence-corrected chi connectivity index (χ3v) is 6.58. The molecule has 5 rings (SSSR count). The number of rotatable bonds is 7. The maximum absolute atomic E-state index is 12.8. The van der Waals surface area contributed by atoms with Crippen molar-refractivity contribution in [3.63, 3.8) is 0 Å². The first-order chi connectivity index (χ1) is 16.6. The summed E-state index contributed by atoms with van der Waals surface area (Å²) >= 11 is 1.63. The van der Waals surface area contributed by atoms with Gasteiger partial charge in [0.2, 0.25) is 0 Å². The van der Waals surface area contributed by atoms with E-state index in [1.807, 2.05) is 66.0 Å². The number of hydrogen-bond acceptors (Lipinski definition) is 5. The second-order valence-corrected chi connectivity index (χ2v) is 8.95. The molecule has 2 aromatic heterocycles. The third kappa shape index (κ3) is 4.63. The van der Waals surface area contributed by atoms with Gasteiger partial charge in [-0.3, -0.25) is 9.59 Å². The van der Waals surface area contributed by atoms with E-state index in [0.29, 0.717) is 41.1 Å². The zero-order valence-electron chi connectivity index (χ0n) is 18.3. The molecule has 0 aliphatic carbocycles. The molecule has 5 nitrogen and oxygen atoms in total. The quantitative estimate of drug-likeness (QED) is 0.204. The van der Waals surface area contributed by atoms with Crippen LogP contribution in [0.15, 0.2) is 94.7 Å². The van der Waals surface area contributed by atoms with Gasteiger partial charge in [0, 0.05) is 22.2 Å². The lowest BCUT2D eigenvalue weighted by atomic mass is 10.0. The molecule has 6 heteroatoms. The third-order valence-electron chi connectivity index (χ3n) is 5.66. The minimum absolute atomic E-state index is 0.0425. The number of nitrogens with one attached hydrogen (secondary N) is 1. The second kappa shape index (κ2) is 9.37. The standard InChI is InChI=1S/C28H22N2O3S/c29-22-13-12-21(27-6-3-15-34-27)16-23(22)30-28(32)19-10-7-18(8-11-19)9-14-24(31)26-17-20-4-1-2-5-25(20)33-26/h1-8,10-13,15-17H,9,14,29H2,(H,30,32). The van der Waals surface area contributed by atoms with Crippen molar-refractivity contribution < 1.29 is 14.0 Å². The Labute approximate surface area is 200 Å². The van der Waals surface area contributed by atoms with Gasteiger partial charge >= 0.3 is 0 Å². The fourth-order valence-corrected chi connectivity index (χ4v) is 4.50. The van der Waals surface area contributed by atoms with Gasteiger partial charge in [0.25, 0.3) is 5.91 Å². The van der Waals surface area contributed by atoms with Gasteiger partial charge in [-0.25, -0.2) is 0 Å². The maximum Gasteiger partial charge on any atom is 0.255 e. The summed E-state index contributed by atoms with van der Waals surface area (Å²) in [7, 11) is 0. The number of benzene rings is 3. The molecular weight excluding hydrogens is 444 g/mol. The van der Waals surface area contributed by atoms with Crippen LogP contribution in [0.4, 0.5) is 11.4 Å². The molecule has 0 fully saturated rings. The fourth-order valence-electron chi connectivity index (χ4n) is 3.78. The smallest absolute Gasteiger partial charge is 0.255 e. The Morgan fingerprint density at radius 3 is 2.50 bits per heavy atom. The van der Waals surface area contributed by atoms with Crippen molar-refractivity contribution in [2.24, 2.45) is 0 Å². The van der Waals surface area contributed by atoms with Gasteiger partial charge in [0.05, 0.1) is 11.4 Å². The highest BCUT2D eigenvalue weighted by Gasteiger charge is 2.13. The van der Waals surface area contributed by atoms with Crippen LogP contribution in [0, 0.1) is 0 Å². The van der Waals surface area contributed by atoms with E-state index in [4.69, 9.17) is 10.2 Å². The molecule has 0 aliphatic heterocycles. The van der Waals surface area contributed by atoms with Crippen molar-refractivity contribution in [3.05, 3.63) is 107 Å². The van der Waals surface area contributed by atoms with Gasteiger partial charge in [0.1, 0.15) is 5.58 Å².